The third-order valence-corrected chi connectivity index (χ3v) is 4.78. The zero-order chi connectivity index (χ0) is 13.3. The monoisotopic (exact) mass is 268 g/mol. The van der Waals surface area contributed by atoms with Crippen LogP contribution in [0.5, 0.6) is 0 Å². The van der Waals surface area contributed by atoms with Gasteiger partial charge in [-0.2, -0.15) is 0 Å². The van der Waals surface area contributed by atoms with E-state index in [1.54, 1.807) is 0 Å². The summed E-state index contributed by atoms with van der Waals surface area (Å²) in [5, 5.41) is 3.57. The molecule has 0 radical (unpaired) electrons. The lowest BCUT2D eigenvalue weighted by atomic mass is 9.78. The molecule has 0 spiro atoms. The molecule has 2 unspecified atom stereocenters. The van der Waals surface area contributed by atoms with Crippen LogP contribution < -0.4 is 5.32 Å². The molecular weight excluding hydrogens is 236 g/mol. The van der Waals surface area contributed by atoms with E-state index in [1.165, 1.54) is 51.6 Å². The Morgan fingerprint density at radius 1 is 1.11 bits per heavy atom. The van der Waals surface area contributed by atoms with Crippen LogP contribution in [-0.2, 0) is 4.74 Å². The van der Waals surface area contributed by atoms with Crippen LogP contribution in [0.15, 0.2) is 0 Å². The fourth-order valence-corrected chi connectivity index (χ4v) is 3.80. The Bertz CT molecular complexity index is 233. The predicted molar refractivity (Wildman–Crippen MR) is 80.5 cm³/mol. The summed E-state index contributed by atoms with van der Waals surface area (Å²) in [6.45, 7) is 8.63. The Balaban J connectivity index is 1.56. The van der Waals surface area contributed by atoms with E-state index in [4.69, 9.17) is 4.74 Å². The van der Waals surface area contributed by atoms with Crippen molar-refractivity contribution >= 4 is 0 Å². The lowest BCUT2D eigenvalue weighted by Crippen LogP contribution is -2.48. The highest BCUT2D eigenvalue weighted by Crippen LogP contribution is 2.34. The number of likely N-dealkylation sites (tertiary alicyclic amines) is 1. The second-order valence-electron chi connectivity index (χ2n) is 6.09. The van der Waals surface area contributed by atoms with Gasteiger partial charge in [-0.05, 0) is 58.0 Å². The van der Waals surface area contributed by atoms with Gasteiger partial charge in [0.15, 0.2) is 0 Å². The van der Waals surface area contributed by atoms with Crippen molar-refractivity contribution in [3.8, 4) is 0 Å². The molecule has 2 fully saturated rings. The number of nitrogens with zero attached hydrogens (tertiary/aromatic N) is 1. The van der Waals surface area contributed by atoms with Gasteiger partial charge in [-0.3, -0.25) is 4.90 Å². The Hall–Kier alpha value is -0.120. The maximum atomic E-state index is 5.35. The van der Waals surface area contributed by atoms with Gasteiger partial charge < -0.3 is 10.1 Å². The number of piperidine rings is 1. The van der Waals surface area contributed by atoms with Crippen LogP contribution in [0.2, 0.25) is 0 Å². The average molecular weight is 268 g/mol. The fraction of sp³-hybridized carbons (Fsp3) is 1.00. The van der Waals surface area contributed by atoms with Gasteiger partial charge in [0.05, 0.1) is 0 Å². The summed E-state index contributed by atoms with van der Waals surface area (Å²) in [6, 6.07) is 0.910. The number of rotatable bonds is 8. The van der Waals surface area contributed by atoms with Crippen molar-refractivity contribution in [1.82, 2.24) is 10.2 Å². The largest absolute Gasteiger partial charge is 0.382 e. The first-order valence-electron chi connectivity index (χ1n) is 8.44. The Morgan fingerprint density at radius 2 is 1.95 bits per heavy atom. The van der Waals surface area contributed by atoms with Crippen LogP contribution in [-0.4, -0.2) is 50.3 Å². The molecule has 0 aromatic heterocycles. The summed E-state index contributed by atoms with van der Waals surface area (Å²) >= 11 is 0. The normalized spacial score (nSPS) is 28.3. The van der Waals surface area contributed by atoms with E-state index < -0.39 is 0 Å². The maximum absolute atomic E-state index is 5.35. The molecule has 19 heavy (non-hydrogen) atoms. The van der Waals surface area contributed by atoms with E-state index in [0.29, 0.717) is 0 Å². The molecule has 0 aromatic carbocycles. The number of hydrogen-bond acceptors (Lipinski definition) is 3. The van der Waals surface area contributed by atoms with E-state index in [0.717, 1.165) is 44.7 Å². The first-order chi connectivity index (χ1) is 9.42. The van der Waals surface area contributed by atoms with Crippen molar-refractivity contribution in [1.29, 1.82) is 0 Å². The maximum Gasteiger partial charge on any atom is 0.0477 e. The quantitative estimate of drug-likeness (QED) is 0.685. The van der Waals surface area contributed by atoms with Crippen molar-refractivity contribution in [2.75, 3.05) is 39.4 Å². The fourth-order valence-electron chi connectivity index (χ4n) is 3.80. The van der Waals surface area contributed by atoms with Crippen LogP contribution in [0, 0.1) is 5.92 Å². The summed E-state index contributed by atoms with van der Waals surface area (Å²) in [4.78, 5) is 2.77. The number of ether oxygens (including phenoxy) is 1. The minimum atomic E-state index is 0.844. The van der Waals surface area contributed by atoms with Gasteiger partial charge in [-0.25, -0.2) is 0 Å². The molecule has 1 aliphatic heterocycles. The molecule has 2 rings (SSSR count). The van der Waals surface area contributed by atoms with Gasteiger partial charge in [0, 0.05) is 32.3 Å². The summed E-state index contributed by atoms with van der Waals surface area (Å²) in [7, 11) is 0. The number of fused-ring (bicyclic) bond motifs is 1. The van der Waals surface area contributed by atoms with Crippen molar-refractivity contribution in [3.63, 3.8) is 0 Å². The molecule has 2 atom stereocenters. The van der Waals surface area contributed by atoms with E-state index >= 15 is 0 Å². The second kappa shape index (κ2) is 8.93. The molecule has 2 aliphatic rings. The third kappa shape index (κ3) is 5.05. The first kappa shape index (κ1) is 15.3. The molecule has 3 nitrogen and oxygen atoms in total. The molecule has 1 heterocycles. The smallest absolute Gasteiger partial charge is 0.0477 e. The van der Waals surface area contributed by atoms with Crippen LogP contribution in [0.4, 0.5) is 0 Å². The van der Waals surface area contributed by atoms with Crippen molar-refractivity contribution < 1.29 is 4.74 Å². The summed E-state index contributed by atoms with van der Waals surface area (Å²) in [5.74, 6) is 1.01. The van der Waals surface area contributed by atoms with Gasteiger partial charge in [0.25, 0.3) is 0 Å². The van der Waals surface area contributed by atoms with Crippen LogP contribution in [0.25, 0.3) is 0 Å². The van der Waals surface area contributed by atoms with E-state index in [1.807, 2.05) is 0 Å². The Labute approximate surface area is 119 Å². The van der Waals surface area contributed by atoms with Gasteiger partial charge >= 0.3 is 0 Å². The molecular formula is C16H32N2O. The van der Waals surface area contributed by atoms with Crippen molar-refractivity contribution in [3.05, 3.63) is 0 Å². The van der Waals surface area contributed by atoms with Gasteiger partial charge in [0.2, 0.25) is 0 Å². The van der Waals surface area contributed by atoms with Crippen molar-refractivity contribution in [2.24, 2.45) is 5.92 Å². The molecule has 1 saturated carbocycles. The number of nitrogens with one attached hydrogen (secondary N) is 1. The van der Waals surface area contributed by atoms with Gasteiger partial charge in [-0.15, -0.1) is 0 Å². The topological polar surface area (TPSA) is 24.5 Å². The highest BCUT2D eigenvalue weighted by Gasteiger charge is 2.32. The molecule has 0 aromatic rings. The minimum absolute atomic E-state index is 0.844. The van der Waals surface area contributed by atoms with E-state index in [9.17, 15) is 0 Å². The van der Waals surface area contributed by atoms with E-state index in [-0.39, 0.29) is 0 Å². The summed E-state index contributed by atoms with van der Waals surface area (Å²) in [6.07, 6.45) is 9.93. The van der Waals surface area contributed by atoms with Crippen LogP contribution in [0.1, 0.15) is 51.9 Å². The molecule has 1 N–H and O–H groups in total. The SMILES string of the molecule is CCOCCCNCCN1CCCC2CCCCC21. The Kier molecular flexibility index (Phi) is 7.18. The zero-order valence-corrected chi connectivity index (χ0v) is 12.7. The van der Waals surface area contributed by atoms with Crippen molar-refractivity contribution in [2.45, 2.75) is 57.9 Å². The molecule has 0 bridgehead atoms. The standard InChI is InChI=1S/C16H32N2O/c1-2-19-14-6-10-17-11-13-18-12-5-8-15-7-3-4-9-16(15)18/h15-17H,2-14H2,1H3. The highest BCUT2D eigenvalue weighted by molar-refractivity contribution is 4.87. The van der Waals surface area contributed by atoms with Gasteiger partial charge in [0.1, 0.15) is 0 Å². The zero-order valence-electron chi connectivity index (χ0n) is 12.7. The predicted octanol–water partition coefficient (Wildman–Crippen LogP) is 2.66. The van der Waals surface area contributed by atoms with Crippen LogP contribution >= 0.6 is 0 Å². The first-order valence-corrected chi connectivity index (χ1v) is 8.44. The number of hydrogen-bond donors (Lipinski definition) is 1. The molecule has 0 amide bonds. The second-order valence-corrected chi connectivity index (χ2v) is 6.09. The molecule has 112 valence electrons. The van der Waals surface area contributed by atoms with Gasteiger partial charge in [-0.1, -0.05) is 12.8 Å². The third-order valence-electron chi connectivity index (χ3n) is 4.78. The molecule has 1 aliphatic carbocycles. The van der Waals surface area contributed by atoms with Crippen LogP contribution in [0.3, 0.4) is 0 Å². The lowest BCUT2D eigenvalue weighted by molar-refractivity contribution is 0.0617. The highest BCUT2D eigenvalue weighted by atomic mass is 16.5. The summed E-state index contributed by atoms with van der Waals surface area (Å²) < 4.78 is 5.35. The minimum Gasteiger partial charge on any atom is -0.382 e. The summed E-state index contributed by atoms with van der Waals surface area (Å²) in [5.41, 5.74) is 0. The molecule has 1 saturated heterocycles. The lowest BCUT2D eigenvalue weighted by Gasteiger charge is -2.44. The average Bonchev–Trinajstić information content (AvgIpc) is 2.46. The van der Waals surface area contributed by atoms with E-state index in [2.05, 4.69) is 17.1 Å². The molecule has 3 heteroatoms. The Morgan fingerprint density at radius 3 is 2.84 bits per heavy atom.